The molecule has 37 heavy (non-hydrogen) atoms. The molecule has 3 atom stereocenters. The van der Waals surface area contributed by atoms with Gasteiger partial charge in [-0.3, -0.25) is 14.4 Å². The molecular formula is C27H35IN2O7. The van der Waals surface area contributed by atoms with Crippen molar-refractivity contribution in [3.8, 4) is 11.5 Å². The predicted octanol–water partition coefficient (Wildman–Crippen LogP) is 2.77. The third kappa shape index (κ3) is 7.11. The highest BCUT2D eigenvalue weighted by atomic mass is 127. The summed E-state index contributed by atoms with van der Waals surface area (Å²) in [7, 11) is 1.46. The van der Waals surface area contributed by atoms with E-state index in [1.807, 2.05) is 29.5 Å². The van der Waals surface area contributed by atoms with E-state index in [9.17, 15) is 24.6 Å². The molecule has 1 saturated carbocycles. The topological polar surface area (TPSA) is 125 Å². The highest BCUT2D eigenvalue weighted by Gasteiger charge is 2.43. The number of hydrogen-bond acceptors (Lipinski definition) is 7. The lowest BCUT2D eigenvalue weighted by molar-refractivity contribution is -0.136. The van der Waals surface area contributed by atoms with Gasteiger partial charge in [-0.15, -0.1) is 0 Å². The zero-order valence-corrected chi connectivity index (χ0v) is 23.3. The number of carbonyl (C=O) groups excluding carboxylic acids is 3. The van der Waals surface area contributed by atoms with Gasteiger partial charge in [0.15, 0.2) is 11.5 Å². The highest BCUT2D eigenvalue weighted by molar-refractivity contribution is 14.1. The van der Waals surface area contributed by atoms with Crippen molar-refractivity contribution in [3.05, 3.63) is 45.1 Å². The smallest absolute Gasteiger partial charge is 0.247 e. The Hall–Kier alpha value is -2.44. The van der Waals surface area contributed by atoms with Crippen LogP contribution in [0.15, 0.2) is 35.9 Å². The Balaban J connectivity index is 2.02. The molecule has 0 aromatic heterocycles. The molecular weight excluding hydrogens is 591 g/mol. The SMILES string of the molecule is CCC=CC(=O)N(C1CCCC1)[C@@H]1CC(C(=O)NCCO)=C[C@H](Oc2c(I)cc(C=O)cc2OC)[C@H]1O. The summed E-state index contributed by atoms with van der Waals surface area (Å²) >= 11 is 2.03. The Morgan fingerprint density at radius 1 is 1.27 bits per heavy atom. The standard InChI is InChI=1S/C27H35IN2O7/c1-3-4-9-24(33)30(19-7-5-6-8-19)21-14-18(27(35)29-10-11-31)15-22(25(21)34)37-26-20(28)12-17(16-32)13-23(26)36-2/h4,9,12-13,15-16,19,21-22,25,31,34H,3,5-8,10-11,14H2,1-2H3,(H,29,35)/t21-,22+,25+/m1/s1. The van der Waals surface area contributed by atoms with Crippen molar-refractivity contribution >= 4 is 40.7 Å². The number of methoxy groups -OCH3 is 1. The van der Waals surface area contributed by atoms with Gasteiger partial charge in [0, 0.05) is 30.1 Å². The van der Waals surface area contributed by atoms with Crippen LogP contribution in [0.3, 0.4) is 0 Å². The molecule has 0 aliphatic heterocycles. The van der Waals surface area contributed by atoms with Gasteiger partial charge in [-0.2, -0.15) is 0 Å². The lowest BCUT2D eigenvalue weighted by Crippen LogP contribution is -2.57. The first-order valence-corrected chi connectivity index (χ1v) is 13.7. The summed E-state index contributed by atoms with van der Waals surface area (Å²) < 4.78 is 12.3. The number of halogens is 1. The third-order valence-corrected chi connectivity index (χ3v) is 7.48. The highest BCUT2D eigenvalue weighted by Crippen LogP contribution is 2.38. The number of amides is 2. The molecule has 0 unspecified atom stereocenters. The van der Waals surface area contributed by atoms with E-state index in [1.165, 1.54) is 13.2 Å². The van der Waals surface area contributed by atoms with E-state index in [0.717, 1.165) is 25.7 Å². The van der Waals surface area contributed by atoms with E-state index in [1.54, 1.807) is 29.2 Å². The number of carbonyl (C=O) groups is 3. The average molecular weight is 626 g/mol. The fourth-order valence-electron chi connectivity index (χ4n) is 4.91. The van der Waals surface area contributed by atoms with Crippen LogP contribution in [0.1, 0.15) is 55.8 Å². The second-order valence-corrected chi connectivity index (χ2v) is 10.3. The first-order chi connectivity index (χ1) is 17.8. The minimum absolute atomic E-state index is 0.0456. The van der Waals surface area contributed by atoms with Gasteiger partial charge in [-0.25, -0.2) is 0 Å². The second-order valence-electron chi connectivity index (χ2n) is 9.16. The number of nitrogens with one attached hydrogen (secondary N) is 1. The molecule has 2 amide bonds. The van der Waals surface area contributed by atoms with E-state index in [0.29, 0.717) is 38.9 Å². The van der Waals surface area contributed by atoms with Crippen LogP contribution in [-0.2, 0) is 9.59 Å². The Labute approximate surface area is 231 Å². The van der Waals surface area contributed by atoms with Crippen LogP contribution in [0.5, 0.6) is 11.5 Å². The van der Waals surface area contributed by atoms with Crippen LogP contribution >= 0.6 is 22.6 Å². The second kappa shape index (κ2) is 13.9. The number of hydrogen-bond donors (Lipinski definition) is 3. The maximum Gasteiger partial charge on any atom is 0.247 e. The zero-order chi connectivity index (χ0) is 26.9. The van der Waals surface area contributed by atoms with Crippen molar-refractivity contribution in [1.82, 2.24) is 10.2 Å². The van der Waals surface area contributed by atoms with Crippen molar-refractivity contribution < 1.29 is 34.1 Å². The molecule has 1 aromatic rings. The Kier molecular flexibility index (Phi) is 11.0. The molecule has 10 heteroatoms. The average Bonchev–Trinajstić information content (AvgIpc) is 3.43. The van der Waals surface area contributed by atoms with Crippen LogP contribution in [0.4, 0.5) is 0 Å². The maximum absolute atomic E-state index is 13.4. The summed E-state index contributed by atoms with van der Waals surface area (Å²) in [5.74, 6) is 0.0588. The fraction of sp³-hybridized carbons (Fsp3) is 0.519. The number of aliphatic hydroxyl groups excluding tert-OH is 2. The summed E-state index contributed by atoms with van der Waals surface area (Å²) in [5.41, 5.74) is 0.776. The van der Waals surface area contributed by atoms with Crippen molar-refractivity contribution in [2.45, 2.75) is 69.7 Å². The molecule has 202 valence electrons. The molecule has 0 spiro atoms. The van der Waals surface area contributed by atoms with Crippen molar-refractivity contribution in [3.63, 3.8) is 0 Å². The van der Waals surface area contributed by atoms with E-state index >= 15 is 0 Å². The van der Waals surface area contributed by atoms with Gasteiger partial charge in [0.25, 0.3) is 0 Å². The third-order valence-electron chi connectivity index (χ3n) is 6.68. The lowest BCUT2D eigenvalue weighted by atomic mass is 9.87. The minimum Gasteiger partial charge on any atom is -0.493 e. The molecule has 0 heterocycles. The Morgan fingerprint density at radius 2 is 2.00 bits per heavy atom. The summed E-state index contributed by atoms with van der Waals surface area (Å²) in [6, 6.07) is 2.44. The van der Waals surface area contributed by atoms with E-state index in [4.69, 9.17) is 9.47 Å². The molecule has 1 fully saturated rings. The molecule has 2 aliphatic carbocycles. The number of nitrogens with zero attached hydrogens (tertiary/aromatic N) is 1. The van der Waals surface area contributed by atoms with Crippen LogP contribution in [0.2, 0.25) is 0 Å². The summed E-state index contributed by atoms with van der Waals surface area (Å²) in [6.45, 7) is 1.82. The van der Waals surface area contributed by atoms with Gasteiger partial charge >= 0.3 is 0 Å². The number of aliphatic hydroxyl groups is 2. The Morgan fingerprint density at radius 3 is 2.62 bits per heavy atom. The number of rotatable bonds is 11. The first-order valence-electron chi connectivity index (χ1n) is 12.6. The van der Waals surface area contributed by atoms with Gasteiger partial charge in [-0.1, -0.05) is 25.8 Å². The van der Waals surface area contributed by atoms with Gasteiger partial charge in [0.2, 0.25) is 11.8 Å². The Bertz CT molecular complexity index is 1040. The van der Waals surface area contributed by atoms with Gasteiger partial charge in [0.1, 0.15) is 18.5 Å². The normalized spacial score (nSPS) is 22.0. The minimum atomic E-state index is -1.12. The van der Waals surface area contributed by atoms with Crippen LogP contribution < -0.4 is 14.8 Å². The molecule has 0 bridgehead atoms. The fourth-order valence-corrected chi connectivity index (χ4v) is 5.66. The van der Waals surface area contributed by atoms with Gasteiger partial charge in [-0.05, 0) is 66.1 Å². The quantitative estimate of drug-likeness (QED) is 0.196. The monoisotopic (exact) mass is 626 g/mol. The van der Waals surface area contributed by atoms with E-state index in [2.05, 4.69) is 5.32 Å². The molecule has 3 rings (SSSR count). The van der Waals surface area contributed by atoms with Crippen LogP contribution in [0, 0.1) is 3.57 Å². The molecule has 2 aliphatic rings. The first kappa shape index (κ1) is 29.1. The number of ether oxygens (including phenoxy) is 2. The number of allylic oxidation sites excluding steroid dienone is 1. The van der Waals surface area contributed by atoms with Gasteiger partial charge < -0.3 is 29.9 Å². The lowest BCUT2D eigenvalue weighted by Gasteiger charge is -2.43. The number of aldehydes is 1. The van der Waals surface area contributed by atoms with E-state index < -0.39 is 18.2 Å². The number of benzene rings is 1. The molecule has 1 aromatic carbocycles. The summed E-state index contributed by atoms with van der Waals surface area (Å²) in [4.78, 5) is 39.3. The maximum atomic E-state index is 13.4. The van der Waals surface area contributed by atoms with E-state index in [-0.39, 0.29) is 37.4 Å². The summed E-state index contributed by atoms with van der Waals surface area (Å²) in [5, 5.41) is 23.4. The molecule has 9 nitrogen and oxygen atoms in total. The molecule has 0 radical (unpaired) electrons. The summed E-state index contributed by atoms with van der Waals surface area (Å²) in [6.07, 6.45) is 8.00. The van der Waals surface area contributed by atoms with Crippen molar-refractivity contribution in [2.75, 3.05) is 20.3 Å². The van der Waals surface area contributed by atoms with Crippen LogP contribution in [-0.4, -0.2) is 77.8 Å². The molecule has 3 N–H and O–H groups in total. The van der Waals surface area contributed by atoms with Crippen LogP contribution in [0.25, 0.3) is 0 Å². The van der Waals surface area contributed by atoms with Crippen molar-refractivity contribution in [2.24, 2.45) is 0 Å². The van der Waals surface area contributed by atoms with Gasteiger partial charge in [0.05, 0.1) is 23.3 Å². The molecule has 0 saturated heterocycles. The zero-order valence-electron chi connectivity index (χ0n) is 21.2. The van der Waals surface area contributed by atoms with Crippen molar-refractivity contribution in [1.29, 1.82) is 0 Å². The largest absolute Gasteiger partial charge is 0.493 e. The predicted molar refractivity (Wildman–Crippen MR) is 147 cm³/mol.